The summed E-state index contributed by atoms with van der Waals surface area (Å²) in [4.78, 5) is 0. The summed E-state index contributed by atoms with van der Waals surface area (Å²) >= 11 is 0. The molecule has 2 nitrogen and oxygen atoms in total. The van der Waals surface area contributed by atoms with Gasteiger partial charge in [0.05, 0.1) is 0 Å². The van der Waals surface area contributed by atoms with Gasteiger partial charge < -0.3 is 10.1 Å². The van der Waals surface area contributed by atoms with E-state index in [9.17, 15) is 0 Å². The molecule has 0 fully saturated rings. The lowest BCUT2D eigenvalue weighted by Gasteiger charge is -2.14. The van der Waals surface area contributed by atoms with Crippen molar-refractivity contribution >= 4 is 0 Å². The van der Waals surface area contributed by atoms with Crippen molar-refractivity contribution in [1.82, 2.24) is 5.32 Å². The molecule has 0 saturated carbocycles. The molecule has 0 radical (unpaired) electrons. The van der Waals surface area contributed by atoms with E-state index in [-0.39, 0.29) is 0 Å². The first-order valence-corrected chi connectivity index (χ1v) is 7.77. The molecule has 0 heterocycles. The first-order chi connectivity index (χ1) is 10.3. The molecular formula is C19H25NO. The highest BCUT2D eigenvalue weighted by Crippen LogP contribution is 2.13. The van der Waals surface area contributed by atoms with E-state index in [0.717, 1.165) is 25.1 Å². The Hall–Kier alpha value is -1.80. The normalized spacial score (nSPS) is 12.1. The molecule has 112 valence electrons. The number of hydrogen-bond donors (Lipinski definition) is 1. The van der Waals surface area contributed by atoms with E-state index in [1.54, 1.807) is 0 Å². The van der Waals surface area contributed by atoms with Crippen LogP contribution in [0.1, 0.15) is 25.0 Å². The number of benzene rings is 2. The standard InChI is InChI=1S/C19H25NO/c1-3-17-10-7-11-19(15-17)21-13-12-20-16(2)14-18-8-5-4-6-9-18/h4-11,15-16,20H,3,12-14H2,1-2H3. The average molecular weight is 283 g/mol. The summed E-state index contributed by atoms with van der Waals surface area (Å²) in [5.74, 6) is 0.965. The molecule has 0 aromatic heterocycles. The lowest BCUT2D eigenvalue weighted by Crippen LogP contribution is -2.31. The number of aryl methyl sites for hydroxylation is 1. The third-order valence-electron chi connectivity index (χ3n) is 3.55. The van der Waals surface area contributed by atoms with E-state index >= 15 is 0 Å². The van der Waals surface area contributed by atoms with Crippen molar-refractivity contribution in [2.75, 3.05) is 13.2 Å². The van der Waals surface area contributed by atoms with Crippen LogP contribution in [0.4, 0.5) is 0 Å². The fraction of sp³-hybridized carbons (Fsp3) is 0.368. The predicted molar refractivity (Wildman–Crippen MR) is 88.9 cm³/mol. The van der Waals surface area contributed by atoms with Crippen LogP contribution in [0.3, 0.4) is 0 Å². The van der Waals surface area contributed by atoms with Crippen LogP contribution in [0.5, 0.6) is 5.75 Å². The molecule has 1 unspecified atom stereocenters. The van der Waals surface area contributed by atoms with Gasteiger partial charge in [0, 0.05) is 12.6 Å². The van der Waals surface area contributed by atoms with Crippen molar-refractivity contribution < 1.29 is 4.74 Å². The SMILES string of the molecule is CCc1cccc(OCCNC(C)Cc2ccccc2)c1. The number of ether oxygens (including phenoxy) is 1. The molecule has 1 atom stereocenters. The maximum Gasteiger partial charge on any atom is 0.119 e. The molecule has 2 rings (SSSR count). The summed E-state index contributed by atoms with van der Waals surface area (Å²) < 4.78 is 5.79. The Morgan fingerprint density at radius 3 is 2.52 bits per heavy atom. The van der Waals surface area contributed by atoms with Crippen molar-refractivity contribution in [3.63, 3.8) is 0 Å². The Morgan fingerprint density at radius 1 is 1.00 bits per heavy atom. The van der Waals surface area contributed by atoms with Crippen LogP contribution < -0.4 is 10.1 Å². The maximum atomic E-state index is 5.79. The monoisotopic (exact) mass is 283 g/mol. The Labute approximate surface area is 128 Å². The van der Waals surface area contributed by atoms with Crippen LogP contribution in [0, 0.1) is 0 Å². The Morgan fingerprint density at radius 2 is 1.76 bits per heavy atom. The fourth-order valence-electron chi connectivity index (χ4n) is 2.37. The third-order valence-corrected chi connectivity index (χ3v) is 3.55. The molecule has 0 aliphatic rings. The molecule has 1 N–H and O–H groups in total. The molecule has 0 saturated heterocycles. The van der Waals surface area contributed by atoms with E-state index in [1.807, 2.05) is 6.07 Å². The minimum atomic E-state index is 0.456. The molecule has 2 heteroatoms. The molecular weight excluding hydrogens is 258 g/mol. The summed E-state index contributed by atoms with van der Waals surface area (Å²) in [6, 6.07) is 19.4. The largest absolute Gasteiger partial charge is 0.492 e. The lowest BCUT2D eigenvalue weighted by molar-refractivity contribution is 0.306. The number of nitrogens with one attached hydrogen (secondary N) is 1. The smallest absolute Gasteiger partial charge is 0.119 e. The maximum absolute atomic E-state index is 5.79. The highest BCUT2D eigenvalue weighted by atomic mass is 16.5. The zero-order chi connectivity index (χ0) is 14.9. The predicted octanol–water partition coefficient (Wildman–Crippen LogP) is 3.85. The second-order valence-electron chi connectivity index (χ2n) is 5.39. The quantitative estimate of drug-likeness (QED) is 0.743. The Kier molecular flexibility index (Phi) is 6.29. The summed E-state index contributed by atoms with van der Waals surface area (Å²) in [5, 5.41) is 3.50. The first-order valence-electron chi connectivity index (χ1n) is 7.77. The van der Waals surface area contributed by atoms with Gasteiger partial charge >= 0.3 is 0 Å². The third kappa shape index (κ3) is 5.60. The molecule has 21 heavy (non-hydrogen) atoms. The Bertz CT molecular complexity index is 524. The van der Waals surface area contributed by atoms with Crippen molar-refractivity contribution in [3.8, 4) is 5.75 Å². The highest BCUT2D eigenvalue weighted by Gasteiger charge is 2.02. The second-order valence-corrected chi connectivity index (χ2v) is 5.39. The molecule has 0 aliphatic heterocycles. The minimum Gasteiger partial charge on any atom is -0.492 e. The topological polar surface area (TPSA) is 21.3 Å². The summed E-state index contributed by atoms with van der Waals surface area (Å²) in [5.41, 5.74) is 2.69. The first kappa shape index (κ1) is 15.6. The van der Waals surface area contributed by atoms with Crippen molar-refractivity contribution in [3.05, 3.63) is 65.7 Å². The highest BCUT2D eigenvalue weighted by molar-refractivity contribution is 5.28. The van der Waals surface area contributed by atoms with E-state index in [4.69, 9.17) is 4.74 Å². The van der Waals surface area contributed by atoms with E-state index in [2.05, 4.69) is 67.7 Å². The van der Waals surface area contributed by atoms with E-state index in [0.29, 0.717) is 12.6 Å². The van der Waals surface area contributed by atoms with E-state index < -0.39 is 0 Å². The van der Waals surface area contributed by atoms with Crippen molar-refractivity contribution in [1.29, 1.82) is 0 Å². The van der Waals surface area contributed by atoms with Crippen LogP contribution in [-0.4, -0.2) is 19.2 Å². The van der Waals surface area contributed by atoms with Gasteiger partial charge in [0.25, 0.3) is 0 Å². The van der Waals surface area contributed by atoms with Gasteiger partial charge in [0.2, 0.25) is 0 Å². The molecule has 0 spiro atoms. The molecule has 2 aromatic rings. The van der Waals surface area contributed by atoms with Crippen LogP contribution in [0.2, 0.25) is 0 Å². The van der Waals surface area contributed by atoms with Gasteiger partial charge in [0.1, 0.15) is 12.4 Å². The van der Waals surface area contributed by atoms with Gasteiger partial charge in [-0.25, -0.2) is 0 Å². The van der Waals surface area contributed by atoms with Crippen LogP contribution in [0.25, 0.3) is 0 Å². The van der Waals surface area contributed by atoms with Crippen molar-refractivity contribution in [2.24, 2.45) is 0 Å². The summed E-state index contributed by atoms with van der Waals surface area (Å²) in [6.45, 7) is 5.94. The zero-order valence-electron chi connectivity index (χ0n) is 13.0. The molecule has 0 amide bonds. The van der Waals surface area contributed by atoms with Crippen LogP contribution >= 0.6 is 0 Å². The average Bonchev–Trinajstić information content (AvgIpc) is 2.53. The number of rotatable bonds is 8. The van der Waals surface area contributed by atoms with Gasteiger partial charge in [-0.15, -0.1) is 0 Å². The zero-order valence-corrected chi connectivity index (χ0v) is 13.0. The molecule has 0 aliphatic carbocycles. The summed E-state index contributed by atoms with van der Waals surface area (Å²) in [6.07, 6.45) is 2.09. The van der Waals surface area contributed by atoms with Gasteiger partial charge in [-0.3, -0.25) is 0 Å². The molecule has 0 bridgehead atoms. The minimum absolute atomic E-state index is 0.456. The summed E-state index contributed by atoms with van der Waals surface area (Å²) in [7, 11) is 0. The van der Waals surface area contributed by atoms with Gasteiger partial charge in [-0.05, 0) is 43.0 Å². The number of hydrogen-bond acceptors (Lipinski definition) is 2. The van der Waals surface area contributed by atoms with Gasteiger partial charge in [0.15, 0.2) is 0 Å². The van der Waals surface area contributed by atoms with Gasteiger partial charge in [-0.2, -0.15) is 0 Å². The Balaban J connectivity index is 1.67. The van der Waals surface area contributed by atoms with Gasteiger partial charge in [-0.1, -0.05) is 49.4 Å². The van der Waals surface area contributed by atoms with Crippen LogP contribution in [-0.2, 0) is 12.8 Å². The van der Waals surface area contributed by atoms with E-state index in [1.165, 1.54) is 11.1 Å². The second kappa shape index (κ2) is 8.48. The van der Waals surface area contributed by atoms with Crippen LogP contribution in [0.15, 0.2) is 54.6 Å². The van der Waals surface area contributed by atoms with Crippen molar-refractivity contribution in [2.45, 2.75) is 32.7 Å². The molecule has 2 aromatic carbocycles. The lowest BCUT2D eigenvalue weighted by atomic mass is 10.1. The fourth-order valence-corrected chi connectivity index (χ4v) is 2.37.